The van der Waals surface area contributed by atoms with Gasteiger partial charge in [0.15, 0.2) is 17.1 Å². The lowest BCUT2D eigenvalue weighted by Gasteiger charge is -2.13. The highest BCUT2D eigenvalue weighted by atomic mass is 16.5. The fraction of sp³-hybridized carbons (Fsp3) is 0.240. The Labute approximate surface area is 217 Å². The van der Waals surface area contributed by atoms with Crippen LogP contribution in [-0.2, 0) is 20.9 Å². The molecule has 1 aliphatic heterocycles. The maximum atomic E-state index is 12.3. The second kappa shape index (κ2) is 11.6. The van der Waals surface area contributed by atoms with Crippen molar-refractivity contribution in [2.24, 2.45) is 0 Å². The number of amides is 1. The zero-order valence-corrected chi connectivity index (χ0v) is 20.8. The molecule has 3 N–H and O–H groups in total. The predicted molar refractivity (Wildman–Crippen MR) is 136 cm³/mol. The zero-order valence-electron chi connectivity index (χ0n) is 20.8. The molecule has 1 aromatic carbocycles. The molecule has 0 aliphatic carbocycles. The lowest BCUT2D eigenvalue weighted by atomic mass is 10.2. The van der Waals surface area contributed by atoms with E-state index in [1.165, 1.54) is 6.26 Å². The van der Waals surface area contributed by atoms with Crippen molar-refractivity contribution in [2.75, 3.05) is 27.4 Å². The Morgan fingerprint density at radius 3 is 2.82 bits per heavy atom. The van der Waals surface area contributed by atoms with E-state index in [4.69, 9.17) is 18.7 Å². The number of allylic oxidation sites excluding steroid dienone is 1. The van der Waals surface area contributed by atoms with E-state index >= 15 is 0 Å². The number of carbonyl (C=O) groups is 1. The molecular weight excluding hydrogens is 492 g/mol. The number of hydrazine groups is 1. The van der Waals surface area contributed by atoms with Gasteiger partial charge in [0.25, 0.3) is 5.91 Å². The fourth-order valence-corrected chi connectivity index (χ4v) is 3.72. The highest BCUT2D eigenvalue weighted by Crippen LogP contribution is 2.29. The number of carbonyl (C=O) groups excluding carboxylic acids is 1. The molecule has 0 saturated heterocycles. The Hall–Kier alpha value is -4.59. The standard InChI is InChI=1S/C25H26N8O5/c1-35-11-5-10-27-30-24(34)16-8-9-17(26-13-16)14-37-25-20-7-4-3-6-19(20)22-28-29-23(33(22)31-25)21-12-18(15-36-2)38-32-21/h3-4,6-9,12-14,26-27H,5,10-11,15H2,1-2H3,(H,30,34). The van der Waals surface area contributed by atoms with Crippen LogP contribution in [0.3, 0.4) is 0 Å². The van der Waals surface area contributed by atoms with Gasteiger partial charge in [-0.05, 0) is 24.6 Å². The van der Waals surface area contributed by atoms with Crippen LogP contribution in [0.15, 0.2) is 70.7 Å². The molecule has 0 atom stereocenters. The molecule has 0 radical (unpaired) electrons. The van der Waals surface area contributed by atoms with Gasteiger partial charge < -0.3 is 24.1 Å². The Morgan fingerprint density at radius 2 is 2.03 bits per heavy atom. The third-order valence-corrected chi connectivity index (χ3v) is 5.55. The van der Waals surface area contributed by atoms with Gasteiger partial charge in [0, 0.05) is 50.4 Å². The van der Waals surface area contributed by atoms with E-state index in [1.54, 1.807) is 43.2 Å². The van der Waals surface area contributed by atoms with Crippen LogP contribution in [0.25, 0.3) is 27.9 Å². The van der Waals surface area contributed by atoms with Crippen molar-refractivity contribution in [3.63, 3.8) is 0 Å². The van der Waals surface area contributed by atoms with E-state index in [0.29, 0.717) is 53.2 Å². The molecular formula is C25H26N8O5. The molecule has 5 rings (SSSR count). The van der Waals surface area contributed by atoms with E-state index in [9.17, 15) is 4.79 Å². The minimum absolute atomic E-state index is 0.258. The minimum Gasteiger partial charge on any atom is -0.443 e. The van der Waals surface area contributed by atoms with Crippen molar-refractivity contribution in [3.8, 4) is 17.4 Å². The summed E-state index contributed by atoms with van der Waals surface area (Å²) in [4.78, 5) is 12.3. The lowest BCUT2D eigenvalue weighted by molar-refractivity contribution is -0.118. The molecule has 13 nitrogen and oxygen atoms in total. The van der Waals surface area contributed by atoms with Gasteiger partial charge in [0.1, 0.15) is 12.9 Å². The van der Waals surface area contributed by atoms with Crippen LogP contribution in [0, 0.1) is 0 Å². The average Bonchev–Trinajstić information content (AvgIpc) is 3.59. The average molecular weight is 519 g/mol. The monoisotopic (exact) mass is 518 g/mol. The normalized spacial score (nSPS) is 14.2. The van der Waals surface area contributed by atoms with Crippen molar-refractivity contribution in [2.45, 2.75) is 13.0 Å². The van der Waals surface area contributed by atoms with E-state index in [2.05, 4.69) is 36.6 Å². The quantitative estimate of drug-likeness (QED) is 0.152. The van der Waals surface area contributed by atoms with Crippen LogP contribution < -0.4 is 20.9 Å². The summed E-state index contributed by atoms with van der Waals surface area (Å²) in [7, 11) is 3.21. The van der Waals surface area contributed by atoms with E-state index in [1.807, 2.05) is 24.3 Å². The molecule has 0 unspecified atom stereocenters. The SMILES string of the molecule is COCCCNNC(=O)C1=CNC(=COc2nn3c(-c4cc(COC)on4)nnc3c3ccccc23)C=C1. The number of rotatable bonds is 11. The van der Waals surface area contributed by atoms with Crippen LogP contribution in [0.5, 0.6) is 5.88 Å². The minimum atomic E-state index is -0.258. The van der Waals surface area contributed by atoms with Crippen molar-refractivity contribution in [1.82, 2.24) is 41.1 Å². The maximum Gasteiger partial charge on any atom is 0.266 e. The third-order valence-electron chi connectivity index (χ3n) is 5.55. The first-order chi connectivity index (χ1) is 18.7. The lowest BCUT2D eigenvalue weighted by Crippen LogP contribution is -2.39. The number of nitrogens with one attached hydrogen (secondary N) is 3. The van der Waals surface area contributed by atoms with Crippen molar-refractivity contribution in [1.29, 1.82) is 0 Å². The number of nitrogens with zero attached hydrogens (tertiary/aromatic N) is 5. The first-order valence-corrected chi connectivity index (χ1v) is 11.8. The highest BCUT2D eigenvalue weighted by molar-refractivity contribution is 5.97. The number of hydrogen-bond donors (Lipinski definition) is 3. The summed E-state index contributed by atoms with van der Waals surface area (Å²) in [5.74, 6) is 1.04. The second-order valence-corrected chi connectivity index (χ2v) is 8.22. The Morgan fingerprint density at radius 1 is 1.16 bits per heavy atom. The van der Waals surface area contributed by atoms with Crippen molar-refractivity contribution < 1.29 is 23.5 Å². The van der Waals surface area contributed by atoms with Gasteiger partial charge in [-0.3, -0.25) is 10.2 Å². The Bertz CT molecular complexity index is 1540. The van der Waals surface area contributed by atoms with Crippen molar-refractivity contribution >= 4 is 22.3 Å². The molecule has 0 bridgehead atoms. The van der Waals surface area contributed by atoms with Crippen LogP contribution in [-0.4, -0.2) is 58.2 Å². The smallest absolute Gasteiger partial charge is 0.266 e. The van der Waals surface area contributed by atoms with Gasteiger partial charge in [-0.25, -0.2) is 5.43 Å². The molecule has 13 heteroatoms. The largest absolute Gasteiger partial charge is 0.443 e. The van der Waals surface area contributed by atoms with Crippen LogP contribution >= 0.6 is 0 Å². The summed E-state index contributed by atoms with van der Waals surface area (Å²) in [6.45, 7) is 1.51. The molecule has 4 heterocycles. The topological polar surface area (TPSA) is 150 Å². The summed E-state index contributed by atoms with van der Waals surface area (Å²) in [6.07, 6.45) is 7.31. The fourth-order valence-electron chi connectivity index (χ4n) is 3.72. The van der Waals surface area contributed by atoms with Crippen LogP contribution in [0.4, 0.5) is 0 Å². The summed E-state index contributed by atoms with van der Waals surface area (Å²) >= 11 is 0. The molecule has 38 heavy (non-hydrogen) atoms. The third kappa shape index (κ3) is 5.39. The van der Waals surface area contributed by atoms with E-state index in [0.717, 1.165) is 17.2 Å². The molecule has 0 saturated carbocycles. The number of dihydropyridines is 1. The molecule has 1 amide bonds. The van der Waals surface area contributed by atoms with E-state index in [-0.39, 0.29) is 12.5 Å². The summed E-state index contributed by atoms with van der Waals surface area (Å²) in [5, 5.41) is 21.9. The summed E-state index contributed by atoms with van der Waals surface area (Å²) in [5.41, 5.74) is 7.63. The van der Waals surface area contributed by atoms with Crippen LogP contribution in [0.1, 0.15) is 12.2 Å². The first kappa shape index (κ1) is 25.1. The highest BCUT2D eigenvalue weighted by Gasteiger charge is 2.19. The van der Waals surface area contributed by atoms with Gasteiger partial charge in [-0.2, -0.15) is 4.52 Å². The number of methoxy groups -OCH3 is 2. The van der Waals surface area contributed by atoms with Crippen LogP contribution in [0.2, 0.25) is 0 Å². The molecule has 0 spiro atoms. The van der Waals surface area contributed by atoms with Gasteiger partial charge in [0.2, 0.25) is 11.7 Å². The van der Waals surface area contributed by atoms with E-state index < -0.39 is 0 Å². The molecule has 196 valence electrons. The molecule has 1 aliphatic rings. The predicted octanol–water partition coefficient (Wildman–Crippen LogP) is 2.00. The number of fused-ring (bicyclic) bond motifs is 3. The molecule has 4 aromatic rings. The first-order valence-electron chi connectivity index (χ1n) is 11.8. The number of aromatic nitrogens is 5. The van der Waals surface area contributed by atoms with Gasteiger partial charge >= 0.3 is 0 Å². The molecule has 0 fully saturated rings. The zero-order chi connectivity index (χ0) is 26.3. The number of ether oxygens (including phenoxy) is 3. The summed E-state index contributed by atoms with van der Waals surface area (Å²) < 4.78 is 22.9. The number of hydrogen-bond acceptors (Lipinski definition) is 11. The van der Waals surface area contributed by atoms with Gasteiger partial charge in [-0.15, -0.1) is 15.3 Å². The second-order valence-electron chi connectivity index (χ2n) is 8.22. The van der Waals surface area contributed by atoms with Gasteiger partial charge in [-0.1, -0.05) is 23.4 Å². The Kier molecular flexibility index (Phi) is 7.68. The maximum absolute atomic E-state index is 12.3. The molecule has 3 aromatic heterocycles. The summed E-state index contributed by atoms with van der Waals surface area (Å²) in [6, 6.07) is 9.33. The van der Waals surface area contributed by atoms with Crippen molar-refractivity contribution in [3.05, 3.63) is 72.0 Å². The Balaban J connectivity index is 1.34. The van der Waals surface area contributed by atoms with Gasteiger partial charge in [0.05, 0.1) is 11.3 Å². The number of benzene rings is 1.